The van der Waals surface area contributed by atoms with Gasteiger partial charge in [-0.1, -0.05) is 0 Å². The summed E-state index contributed by atoms with van der Waals surface area (Å²) in [5.74, 6) is 1.98. The SMILES string of the molecule is COC1CN(CCNC(C2CC2)C2CC2)CC1OC. The molecule has 3 fully saturated rings. The van der Waals surface area contributed by atoms with Crippen LogP contribution in [0.2, 0.25) is 0 Å². The fourth-order valence-corrected chi connectivity index (χ4v) is 3.47. The minimum Gasteiger partial charge on any atom is -0.377 e. The molecule has 1 saturated heterocycles. The molecule has 0 aromatic heterocycles. The molecule has 0 aromatic rings. The molecule has 0 spiro atoms. The van der Waals surface area contributed by atoms with Crippen LogP contribution in [0.25, 0.3) is 0 Å². The topological polar surface area (TPSA) is 33.7 Å². The van der Waals surface area contributed by atoms with Crippen molar-refractivity contribution in [1.82, 2.24) is 10.2 Å². The lowest BCUT2D eigenvalue weighted by molar-refractivity contribution is -0.00461. The van der Waals surface area contributed by atoms with Crippen molar-refractivity contribution in [3.05, 3.63) is 0 Å². The fourth-order valence-electron chi connectivity index (χ4n) is 3.47. The number of likely N-dealkylation sites (tertiary alicyclic amines) is 1. The molecule has 0 amide bonds. The maximum Gasteiger partial charge on any atom is 0.0971 e. The van der Waals surface area contributed by atoms with E-state index in [9.17, 15) is 0 Å². The van der Waals surface area contributed by atoms with E-state index in [1.54, 1.807) is 14.2 Å². The minimum atomic E-state index is 0.243. The first-order valence-electron chi connectivity index (χ1n) is 7.83. The second kappa shape index (κ2) is 6.08. The molecule has 2 unspecified atom stereocenters. The van der Waals surface area contributed by atoms with E-state index in [0.717, 1.165) is 44.1 Å². The van der Waals surface area contributed by atoms with Crippen LogP contribution in [0.4, 0.5) is 0 Å². The highest BCUT2D eigenvalue weighted by Crippen LogP contribution is 2.44. The average Bonchev–Trinajstić information content (AvgIpc) is 3.32. The fraction of sp³-hybridized carbons (Fsp3) is 1.00. The van der Waals surface area contributed by atoms with Gasteiger partial charge < -0.3 is 14.8 Å². The van der Waals surface area contributed by atoms with Gasteiger partial charge in [0.15, 0.2) is 0 Å². The predicted octanol–water partition coefficient (Wildman–Crippen LogP) is 1.11. The molecule has 110 valence electrons. The van der Waals surface area contributed by atoms with Crippen LogP contribution in [-0.2, 0) is 9.47 Å². The number of ether oxygens (including phenoxy) is 2. The Kier molecular flexibility index (Phi) is 4.42. The summed E-state index contributed by atoms with van der Waals surface area (Å²) in [6.07, 6.45) is 6.30. The third-order valence-corrected chi connectivity index (χ3v) is 4.96. The first-order valence-corrected chi connectivity index (χ1v) is 7.83. The monoisotopic (exact) mass is 268 g/mol. The molecule has 0 radical (unpaired) electrons. The van der Waals surface area contributed by atoms with E-state index in [2.05, 4.69) is 10.2 Å². The second-order valence-corrected chi connectivity index (χ2v) is 6.46. The highest BCUT2D eigenvalue weighted by atomic mass is 16.5. The molecule has 0 bridgehead atoms. The van der Waals surface area contributed by atoms with Gasteiger partial charge in [-0.3, -0.25) is 4.90 Å². The molecular weight excluding hydrogens is 240 g/mol. The highest BCUT2D eigenvalue weighted by Gasteiger charge is 2.41. The summed E-state index contributed by atoms with van der Waals surface area (Å²) >= 11 is 0. The predicted molar refractivity (Wildman–Crippen MR) is 75.3 cm³/mol. The Bertz CT molecular complexity index is 268. The average molecular weight is 268 g/mol. The standard InChI is InChI=1S/C15H28N2O2/c1-18-13-9-17(10-14(13)19-2)8-7-16-15(11-3-4-11)12-5-6-12/h11-16H,3-10H2,1-2H3. The van der Waals surface area contributed by atoms with Crippen molar-refractivity contribution in [2.45, 2.75) is 43.9 Å². The molecule has 1 N–H and O–H groups in total. The van der Waals surface area contributed by atoms with Gasteiger partial charge in [0.1, 0.15) is 0 Å². The van der Waals surface area contributed by atoms with E-state index in [4.69, 9.17) is 9.47 Å². The molecular formula is C15H28N2O2. The molecule has 3 aliphatic rings. The first-order chi connectivity index (χ1) is 9.31. The first kappa shape index (κ1) is 13.8. The highest BCUT2D eigenvalue weighted by molar-refractivity contribution is 4.96. The quantitative estimate of drug-likeness (QED) is 0.715. The smallest absolute Gasteiger partial charge is 0.0971 e. The van der Waals surface area contributed by atoms with Crippen LogP contribution >= 0.6 is 0 Å². The van der Waals surface area contributed by atoms with Gasteiger partial charge in [0.25, 0.3) is 0 Å². The Labute approximate surface area is 116 Å². The number of methoxy groups -OCH3 is 2. The van der Waals surface area contributed by atoms with E-state index in [0.29, 0.717) is 0 Å². The Morgan fingerprint density at radius 2 is 1.53 bits per heavy atom. The summed E-state index contributed by atoms with van der Waals surface area (Å²) in [6.45, 7) is 4.25. The molecule has 4 heteroatoms. The molecule has 19 heavy (non-hydrogen) atoms. The van der Waals surface area contributed by atoms with Gasteiger partial charge in [0, 0.05) is 46.4 Å². The zero-order chi connectivity index (χ0) is 13.2. The van der Waals surface area contributed by atoms with Crippen molar-refractivity contribution in [2.75, 3.05) is 40.4 Å². The lowest BCUT2D eigenvalue weighted by Crippen LogP contribution is -2.39. The van der Waals surface area contributed by atoms with Crippen LogP contribution in [0.3, 0.4) is 0 Å². The maximum absolute atomic E-state index is 5.48. The second-order valence-electron chi connectivity index (χ2n) is 6.46. The number of hydrogen-bond donors (Lipinski definition) is 1. The molecule has 2 atom stereocenters. The molecule has 0 aromatic carbocycles. The lowest BCUT2D eigenvalue weighted by atomic mass is 10.1. The zero-order valence-corrected chi connectivity index (χ0v) is 12.3. The third kappa shape index (κ3) is 3.48. The van der Waals surface area contributed by atoms with Crippen molar-refractivity contribution >= 4 is 0 Å². The largest absolute Gasteiger partial charge is 0.377 e. The van der Waals surface area contributed by atoms with Gasteiger partial charge in [-0.05, 0) is 37.5 Å². The van der Waals surface area contributed by atoms with Gasteiger partial charge in [0.05, 0.1) is 12.2 Å². The van der Waals surface area contributed by atoms with Crippen LogP contribution in [0, 0.1) is 11.8 Å². The van der Waals surface area contributed by atoms with E-state index in [1.807, 2.05) is 0 Å². The van der Waals surface area contributed by atoms with Crippen molar-refractivity contribution in [2.24, 2.45) is 11.8 Å². The Balaban J connectivity index is 1.38. The Morgan fingerprint density at radius 3 is 1.95 bits per heavy atom. The summed E-state index contributed by atoms with van der Waals surface area (Å²) in [5, 5.41) is 3.81. The molecule has 3 rings (SSSR count). The maximum atomic E-state index is 5.48. The van der Waals surface area contributed by atoms with Gasteiger partial charge in [-0.2, -0.15) is 0 Å². The van der Waals surface area contributed by atoms with Crippen molar-refractivity contribution < 1.29 is 9.47 Å². The molecule has 2 aliphatic carbocycles. The van der Waals surface area contributed by atoms with Gasteiger partial charge in [0.2, 0.25) is 0 Å². The van der Waals surface area contributed by atoms with Gasteiger partial charge >= 0.3 is 0 Å². The van der Waals surface area contributed by atoms with Crippen LogP contribution in [0.15, 0.2) is 0 Å². The van der Waals surface area contributed by atoms with Crippen LogP contribution in [0.5, 0.6) is 0 Å². The van der Waals surface area contributed by atoms with Crippen molar-refractivity contribution in [3.63, 3.8) is 0 Å². The van der Waals surface area contributed by atoms with Crippen LogP contribution < -0.4 is 5.32 Å². The Morgan fingerprint density at radius 1 is 1.00 bits per heavy atom. The van der Waals surface area contributed by atoms with E-state index in [-0.39, 0.29) is 12.2 Å². The molecule has 4 nitrogen and oxygen atoms in total. The molecule has 1 heterocycles. The zero-order valence-electron chi connectivity index (χ0n) is 12.3. The number of hydrogen-bond acceptors (Lipinski definition) is 4. The number of nitrogens with zero attached hydrogens (tertiary/aromatic N) is 1. The van der Waals surface area contributed by atoms with E-state index < -0.39 is 0 Å². The van der Waals surface area contributed by atoms with Crippen molar-refractivity contribution in [1.29, 1.82) is 0 Å². The van der Waals surface area contributed by atoms with Gasteiger partial charge in [-0.15, -0.1) is 0 Å². The van der Waals surface area contributed by atoms with E-state index in [1.165, 1.54) is 25.7 Å². The van der Waals surface area contributed by atoms with Crippen molar-refractivity contribution in [3.8, 4) is 0 Å². The Hall–Kier alpha value is -0.160. The van der Waals surface area contributed by atoms with Crippen LogP contribution in [0.1, 0.15) is 25.7 Å². The number of rotatable bonds is 8. The lowest BCUT2D eigenvalue weighted by Gasteiger charge is -2.21. The summed E-state index contributed by atoms with van der Waals surface area (Å²) < 4.78 is 11.0. The van der Waals surface area contributed by atoms with E-state index >= 15 is 0 Å². The van der Waals surface area contributed by atoms with Gasteiger partial charge in [-0.25, -0.2) is 0 Å². The van der Waals surface area contributed by atoms with Crippen LogP contribution in [-0.4, -0.2) is 63.5 Å². The summed E-state index contributed by atoms with van der Waals surface area (Å²) in [4.78, 5) is 2.46. The number of nitrogens with one attached hydrogen (secondary N) is 1. The normalized spacial score (nSPS) is 32.4. The summed E-state index contributed by atoms with van der Waals surface area (Å²) in [7, 11) is 3.57. The molecule has 1 aliphatic heterocycles. The summed E-state index contributed by atoms with van der Waals surface area (Å²) in [6, 6.07) is 0.819. The summed E-state index contributed by atoms with van der Waals surface area (Å²) in [5.41, 5.74) is 0. The molecule has 2 saturated carbocycles. The minimum absolute atomic E-state index is 0.243. The third-order valence-electron chi connectivity index (χ3n) is 4.96.